The van der Waals surface area contributed by atoms with Crippen LogP contribution in [0.5, 0.6) is 0 Å². The summed E-state index contributed by atoms with van der Waals surface area (Å²) in [5, 5.41) is 8.96. The lowest BCUT2D eigenvalue weighted by atomic mass is 10.1. The molecule has 6 heteroatoms. The third-order valence-corrected chi connectivity index (χ3v) is 3.91. The third-order valence-electron chi connectivity index (χ3n) is 2.67. The summed E-state index contributed by atoms with van der Waals surface area (Å²) in [4.78, 5) is 4.02. The molecule has 0 aliphatic carbocycles. The molecule has 0 fully saturated rings. The highest BCUT2D eigenvalue weighted by atomic mass is 32.2. The maximum Gasteiger partial charge on any atom is 0.237 e. The number of pyridine rings is 1. The summed E-state index contributed by atoms with van der Waals surface area (Å²) in [5.74, 6) is -0.245. The fourth-order valence-electron chi connectivity index (χ4n) is 1.70. The number of nitriles is 1. The third kappa shape index (κ3) is 3.56. The number of anilines is 1. The van der Waals surface area contributed by atoms with Crippen LogP contribution in [0.1, 0.15) is 16.8 Å². The highest BCUT2D eigenvalue weighted by Gasteiger charge is 2.14. The minimum atomic E-state index is -3.57. The predicted molar refractivity (Wildman–Crippen MR) is 76.4 cm³/mol. The molecule has 0 saturated heterocycles. The number of benzene rings is 1. The van der Waals surface area contributed by atoms with Crippen molar-refractivity contribution in [3.63, 3.8) is 0 Å². The number of rotatable bonds is 4. The van der Waals surface area contributed by atoms with Crippen molar-refractivity contribution in [2.75, 3.05) is 4.72 Å². The summed E-state index contributed by atoms with van der Waals surface area (Å²) in [5.41, 5.74) is 2.05. The van der Waals surface area contributed by atoms with Crippen molar-refractivity contribution in [1.82, 2.24) is 4.98 Å². The molecule has 1 N–H and O–H groups in total. The van der Waals surface area contributed by atoms with E-state index in [1.165, 1.54) is 6.20 Å². The van der Waals surface area contributed by atoms with Gasteiger partial charge in [0, 0.05) is 5.69 Å². The van der Waals surface area contributed by atoms with Crippen LogP contribution >= 0.6 is 0 Å². The van der Waals surface area contributed by atoms with Crippen molar-refractivity contribution >= 4 is 15.7 Å². The summed E-state index contributed by atoms with van der Waals surface area (Å²) in [7, 11) is -3.57. The van der Waals surface area contributed by atoms with Gasteiger partial charge < -0.3 is 0 Å². The molecule has 1 aromatic heterocycles. The average Bonchev–Trinajstić information content (AvgIpc) is 2.41. The minimum absolute atomic E-state index is 0.245. The van der Waals surface area contributed by atoms with Crippen molar-refractivity contribution < 1.29 is 8.42 Å². The van der Waals surface area contributed by atoms with Gasteiger partial charge in [0.2, 0.25) is 10.0 Å². The van der Waals surface area contributed by atoms with E-state index in [1.54, 1.807) is 36.4 Å². The Bertz CT molecular complexity index is 747. The summed E-state index contributed by atoms with van der Waals surface area (Å²) < 4.78 is 26.6. The molecule has 0 saturated carbocycles. The zero-order valence-electron chi connectivity index (χ0n) is 10.9. The van der Waals surface area contributed by atoms with Gasteiger partial charge >= 0.3 is 0 Å². The smallest absolute Gasteiger partial charge is 0.237 e. The number of nitrogens with one attached hydrogen (secondary N) is 1. The summed E-state index contributed by atoms with van der Waals surface area (Å²) in [6.07, 6.45) is 1.46. The normalized spacial score (nSPS) is 10.8. The van der Waals surface area contributed by atoms with Crippen LogP contribution < -0.4 is 4.72 Å². The zero-order valence-corrected chi connectivity index (χ0v) is 11.7. The van der Waals surface area contributed by atoms with Gasteiger partial charge in [-0.05, 0) is 30.7 Å². The molecule has 2 rings (SSSR count). The second-order valence-electron chi connectivity index (χ2n) is 4.32. The fourth-order valence-corrected chi connectivity index (χ4v) is 2.92. The van der Waals surface area contributed by atoms with Crippen LogP contribution in [-0.2, 0) is 15.8 Å². The van der Waals surface area contributed by atoms with E-state index >= 15 is 0 Å². The van der Waals surface area contributed by atoms with E-state index in [2.05, 4.69) is 9.71 Å². The molecular weight excluding hydrogens is 274 g/mol. The lowest BCUT2D eigenvalue weighted by Gasteiger charge is -2.08. The van der Waals surface area contributed by atoms with E-state index in [0.29, 0.717) is 16.8 Å². The fraction of sp³-hybridized carbons (Fsp3) is 0.143. The molecule has 0 aliphatic heterocycles. The van der Waals surface area contributed by atoms with Crippen LogP contribution in [0.25, 0.3) is 0 Å². The monoisotopic (exact) mass is 287 g/mol. The molecule has 102 valence electrons. The van der Waals surface area contributed by atoms with E-state index in [9.17, 15) is 8.42 Å². The minimum Gasteiger partial charge on any atom is -0.282 e. The van der Waals surface area contributed by atoms with Crippen molar-refractivity contribution in [2.24, 2.45) is 0 Å². The first kappa shape index (κ1) is 14.0. The van der Waals surface area contributed by atoms with E-state index in [1.807, 2.05) is 13.0 Å². The molecule has 0 radical (unpaired) electrons. The van der Waals surface area contributed by atoms with Crippen LogP contribution in [0, 0.1) is 18.3 Å². The standard InChI is InChI=1S/C14H13N3O2S/c1-11-6-7-14(9-16-11)17-20(18,19)10-13-5-3-2-4-12(13)8-15/h2-7,9,17H,10H2,1H3. The Morgan fingerprint density at radius 2 is 2.00 bits per heavy atom. The molecule has 20 heavy (non-hydrogen) atoms. The molecule has 2 aromatic rings. The first-order valence-corrected chi connectivity index (χ1v) is 7.56. The Kier molecular flexibility index (Phi) is 4.01. The van der Waals surface area contributed by atoms with Crippen molar-refractivity contribution in [2.45, 2.75) is 12.7 Å². The maximum absolute atomic E-state index is 12.1. The molecule has 0 unspecified atom stereocenters. The maximum atomic E-state index is 12.1. The molecule has 0 atom stereocenters. The topological polar surface area (TPSA) is 82.9 Å². The molecule has 0 aliphatic rings. The van der Waals surface area contributed by atoms with Gasteiger partial charge in [-0.1, -0.05) is 18.2 Å². The van der Waals surface area contributed by atoms with Gasteiger partial charge in [-0.3, -0.25) is 9.71 Å². The Morgan fingerprint density at radius 3 is 2.65 bits per heavy atom. The number of aromatic nitrogens is 1. The number of sulfonamides is 1. The number of hydrogen-bond donors (Lipinski definition) is 1. The Labute approximate surface area is 118 Å². The van der Waals surface area contributed by atoms with Crippen LogP contribution in [0.3, 0.4) is 0 Å². The predicted octanol–water partition coefficient (Wildman–Crippen LogP) is 2.20. The van der Waals surface area contributed by atoms with Gasteiger partial charge in [0.1, 0.15) is 0 Å². The highest BCUT2D eigenvalue weighted by Crippen LogP contribution is 2.14. The van der Waals surface area contributed by atoms with Crippen LogP contribution in [-0.4, -0.2) is 13.4 Å². The first-order valence-electron chi connectivity index (χ1n) is 5.91. The van der Waals surface area contributed by atoms with E-state index in [0.717, 1.165) is 5.69 Å². The Morgan fingerprint density at radius 1 is 1.25 bits per heavy atom. The van der Waals surface area contributed by atoms with Gasteiger partial charge in [-0.25, -0.2) is 8.42 Å². The van der Waals surface area contributed by atoms with Crippen molar-refractivity contribution in [1.29, 1.82) is 5.26 Å². The molecule has 5 nitrogen and oxygen atoms in total. The quantitative estimate of drug-likeness (QED) is 0.934. The molecular formula is C14H13N3O2S. The second kappa shape index (κ2) is 5.72. The molecule has 0 amide bonds. The summed E-state index contributed by atoms with van der Waals surface area (Å²) >= 11 is 0. The molecule has 0 bridgehead atoms. The molecule has 0 spiro atoms. The number of aryl methyl sites for hydroxylation is 1. The zero-order chi connectivity index (χ0) is 14.6. The Hall–Kier alpha value is -2.39. The lowest BCUT2D eigenvalue weighted by molar-refractivity contribution is 0.600. The van der Waals surface area contributed by atoms with Crippen molar-refractivity contribution in [3.8, 4) is 6.07 Å². The van der Waals surface area contributed by atoms with Gasteiger partial charge in [0.15, 0.2) is 0 Å². The van der Waals surface area contributed by atoms with Gasteiger partial charge in [-0.2, -0.15) is 5.26 Å². The molecule has 1 aromatic carbocycles. The second-order valence-corrected chi connectivity index (χ2v) is 6.04. The summed E-state index contributed by atoms with van der Waals surface area (Å²) in [6, 6.07) is 12.0. The summed E-state index contributed by atoms with van der Waals surface area (Å²) in [6.45, 7) is 1.82. The number of nitrogens with zero attached hydrogens (tertiary/aromatic N) is 2. The van der Waals surface area contributed by atoms with E-state index < -0.39 is 10.0 Å². The number of hydrogen-bond acceptors (Lipinski definition) is 4. The first-order chi connectivity index (χ1) is 9.50. The Balaban J connectivity index is 2.19. The largest absolute Gasteiger partial charge is 0.282 e. The average molecular weight is 287 g/mol. The van der Waals surface area contributed by atoms with Crippen LogP contribution in [0.2, 0.25) is 0 Å². The van der Waals surface area contributed by atoms with Crippen LogP contribution in [0.4, 0.5) is 5.69 Å². The van der Waals surface area contributed by atoms with Gasteiger partial charge in [0.05, 0.1) is 29.3 Å². The highest BCUT2D eigenvalue weighted by molar-refractivity contribution is 7.91. The van der Waals surface area contributed by atoms with E-state index in [-0.39, 0.29) is 5.75 Å². The van der Waals surface area contributed by atoms with Gasteiger partial charge in [0.25, 0.3) is 0 Å². The SMILES string of the molecule is Cc1ccc(NS(=O)(=O)Cc2ccccc2C#N)cn1. The van der Waals surface area contributed by atoms with E-state index in [4.69, 9.17) is 5.26 Å². The van der Waals surface area contributed by atoms with Crippen LogP contribution in [0.15, 0.2) is 42.6 Å². The van der Waals surface area contributed by atoms with Crippen molar-refractivity contribution in [3.05, 3.63) is 59.4 Å². The lowest BCUT2D eigenvalue weighted by Crippen LogP contribution is -2.15. The molecule has 1 heterocycles. The van der Waals surface area contributed by atoms with Gasteiger partial charge in [-0.15, -0.1) is 0 Å².